The molecule has 1 aromatic carbocycles. The third-order valence-corrected chi connectivity index (χ3v) is 4.78. The Bertz CT molecular complexity index is 587. The molecule has 2 N–H and O–H groups in total. The van der Waals surface area contributed by atoms with Gasteiger partial charge >= 0.3 is 0 Å². The molecule has 0 radical (unpaired) electrons. The first-order chi connectivity index (χ1) is 9.70. The summed E-state index contributed by atoms with van der Waals surface area (Å²) in [6, 6.07) is 9.09. The Balaban J connectivity index is 1.98. The third-order valence-electron chi connectivity index (χ3n) is 4.78. The predicted molar refractivity (Wildman–Crippen MR) is 83.7 cm³/mol. The second-order valence-corrected chi connectivity index (χ2v) is 6.22. The quantitative estimate of drug-likeness (QED) is 0.922. The van der Waals surface area contributed by atoms with Crippen molar-refractivity contribution in [1.29, 1.82) is 0 Å². The zero-order chi connectivity index (χ0) is 14.1. The van der Waals surface area contributed by atoms with Crippen molar-refractivity contribution < 1.29 is 0 Å². The first-order valence-corrected chi connectivity index (χ1v) is 7.89. The number of hydrogen-bond acceptors (Lipinski definition) is 2. The van der Waals surface area contributed by atoms with Gasteiger partial charge in [0.15, 0.2) is 0 Å². The largest absolute Gasteiger partial charge is 0.326 e. The van der Waals surface area contributed by atoms with Gasteiger partial charge in [-0.05, 0) is 44.2 Å². The number of fused-ring (bicyclic) bond motifs is 1. The highest BCUT2D eigenvalue weighted by Gasteiger charge is 2.30. The zero-order valence-electron chi connectivity index (χ0n) is 12.5. The second-order valence-electron chi connectivity index (χ2n) is 6.22. The molecule has 1 heterocycles. The molecule has 0 aliphatic heterocycles. The molecule has 3 nitrogen and oxygen atoms in total. The molecule has 0 bridgehead atoms. The molecule has 1 aromatic heterocycles. The average Bonchev–Trinajstić information content (AvgIpc) is 2.77. The van der Waals surface area contributed by atoms with Crippen molar-refractivity contribution >= 4 is 11.0 Å². The van der Waals surface area contributed by atoms with Crippen LogP contribution in [0, 0.1) is 12.8 Å². The van der Waals surface area contributed by atoms with E-state index in [0.29, 0.717) is 6.04 Å². The number of aryl methyl sites for hydroxylation is 1. The van der Waals surface area contributed by atoms with E-state index in [0.717, 1.165) is 23.7 Å². The lowest BCUT2D eigenvalue weighted by Gasteiger charge is -2.36. The summed E-state index contributed by atoms with van der Waals surface area (Å²) < 4.78 is 2.39. The molecule has 3 unspecified atom stereocenters. The van der Waals surface area contributed by atoms with Gasteiger partial charge in [-0.3, -0.25) is 0 Å². The lowest BCUT2D eigenvalue weighted by Crippen LogP contribution is -2.38. The van der Waals surface area contributed by atoms with Crippen LogP contribution in [-0.2, 0) is 0 Å². The number of nitrogens with zero attached hydrogens (tertiary/aromatic N) is 2. The van der Waals surface area contributed by atoms with Gasteiger partial charge in [0.1, 0.15) is 5.82 Å². The van der Waals surface area contributed by atoms with Crippen LogP contribution >= 0.6 is 0 Å². The van der Waals surface area contributed by atoms with Gasteiger partial charge in [-0.15, -0.1) is 0 Å². The summed E-state index contributed by atoms with van der Waals surface area (Å²) >= 11 is 0. The van der Waals surface area contributed by atoms with Crippen LogP contribution in [0.15, 0.2) is 24.3 Å². The molecule has 3 atom stereocenters. The average molecular weight is 271 g/mol. The van der Waals surface area contributed by atoms with Crippen molar-refractivity contribution in [2.45, 2.75) is 58.0 Å². The minimum atomic E-state index is 0.263. The van der Waals surface area contributed by atoms with Crippen molar-refractivity contribution in [3.63, 3.8) is 0 Å². The van der Waals surface area contributed by atoms with E-state index in [2.05, 4.69) is 42.7 Å². The number of imidazole rings is 1. The maximum absolute atomic E-state index is 6.44. The van der Waals surface area contributed by atoms with Gasteiger partial charge < -0.3 is 10.3 Å². The molecule has 1 aliphatic rings. The molecular formula is C17H25N3. The van der Waals surface area contributed by atoms with Gasteiger partial charge in [-0.25, -0.2) is 4.98 Å². The van der Waals surface area contributed by atoms with Crippen LogP contribution < -0.4 is 5.73 Å². The molecule has 3 heteroatoms. The number of hydrogen-bond donors (Lipinski definition) is 1. The summed E-state index contributed by atoms with van der Waals surface area (Å²) in [6.07, 6.45) is 6.24. The topological polar surface area (TPSA) is 43.8 Å². The Hall–Kier alpha value is -1.35. The highest BCUT2D eigenvalue weighted by atomic mass is 15.1. The number of nitrogens with two attached hydrogens (primary N) is 1. The van der Waals surface area contributed by atoms with Crippen LogP contribution in [-0.4, -0.2) is 15.6 Å². The monoisotopic (exact) mass is 271 g/mol. The fourth-order valence-electron chi connectivity index (χ4n) is 3.81. The highest BCUT2D eigenvalue weighted by molar-refractivity contribution is 5.76. The van der Waals surface area contributed by atoms with Crippen LogP contribution in [0.1, 0.15) is 50.9 Å². The van der Waals surface area contributed by atoms with E-state index in [-0.39, 0.29) is 6.04 Å². The van der Waals surface area contributed by atoms with E-state index < -0.39 is 0 Å². The summed E-state index contributed by atoms with van der Waals surface area (Å²) in [5.41, 5.74) is 8.77. The van der Waals surface area contributed by atoms with Gasteiger partial charge in [0.25, 0.3) is 0 Å². The summed E-state index contributed by atoms with van der Waals surface area (Å²) in [4.78, 5) is 4.70. The van der Waals surface area contributed by atoms with Crippen molar-refractivity contribution in [2.24, 2.45) is 11.7 Å². The number of aromatic nitrogens is 2. The molecule has 1 fully saturated rings. The van der Waals surface area contributed by atoms with E-state index >= 15 is 0 Å². The smallest absolute Gasteiger partial charge is 0.107 e. The fourth-order valence-corrected chi connectivity index (χ4v) is 3.81. The van der Waals surface area contributed by atoms with Crippen molar-refractivity contribution in [2.75, 3.05) is 0 Å². The van der Waals surface area contributed by atoms with Crippen LogP contribution in [0.5, 0.6) is 0 Å². The summed E-state index contributed by atoms with van der Waals surface area (Å²) in [6.45, 7) is 4.39. The SMILES string of the molecule is CCCC1CCC(N)C(n2c(C)nc3ccccc32)C1. The van der Waals surface area contributed by atoms with Gasteiger partial charge in [-0.2, -0.15) is 0 Å². The van der Waals surface area contributed by atoms with Crippen LogP contribution in [0.3, 0.4) is 0 Å². The first kappa shape index (κ1) is 13.6. The lowest BCUT2D eigenvalue weighted by molar-refractivity contribution is 0.226. The van der Waals surface area contributed by atoms with E-state index in [1.165, 1.54) is 31.2 Å². The van der Waals surface area contributed by atoms with Crippen LogP contribution in [0.25, 0.3) is 11.0 Å². The number of rotatable bonds is 3. The van der Waals surface area contributed by atoms with Gasteiger partial charge in [-0.1, -0.05) is 31.9 Å². The van der Waals surface area contributed by atoms with E-state index in [9.17, 15) is 0 Å². The molecule has 0 spiro atoms. The molecule has 20 heavy (non-hydrogen) atoms. The fraction of sp³-hybridized carbons (Fsp3) is 0.588. The molecular weight excluding hydrogens is 246 g/mol. The van der Waals surface area contributed by atoms with Crippen molar-refractivity contribution in [3.8, 4) is 0 Å². The Labute approximate surface area is 121 Å². The minimum absolute atomic E-state index is 0.263. The van der Waals surface area contributed by atoms with E-state index in [1.54, 1.807) is 0 Å². The molecule has 0 saturated heterocycles. The lowest BCUT2D eigenvalue weighted by atomic mass is 9.80. The second kappa shape index (κ2) is 5.57. The Morgan fingerprint density at radius 2 is 2.10 bits per heavy atom. The van der Waals surface area contributed by atoms with Crippen LogP contribution in [0.4, 0.5) is 0 Å². The molecule has 0 amide bonds. The normalized spacial score (nSPS) is 27.1. The van der Waals surface area contributed by atoms with Crippen LogP contribution in [0.2, 0.25) is 0 Å². The van der Waals surface area contributed by atoms with E-state index in [4.69, 9.17) is 10.7 Å². The molecule has 1 aliphatic carbocycles. The van der Waals surface area contributed by atoms with Gasteiger partial charge in [0, 0.05) is 6.04 Å². The summed E-state index contributed by atoms with van der Waals surface area (Å²) in [7, 11) is 0. The van der Waals surface area contributed by atoms with Gasteiger partial charge in [0.05, 0.1) is 17.1 Å². The predicted octanol–water partition coefficient (Wildman–Crippen LogP) is 3.81. The molecule has 3 rings (SSSR count). The Kier molecular flexibility index (Phi) is 3.79. The summed E-state index contributed by atoms with van der Waals surface area (Å²) in [5.74, 6) is 1.93. The van der Waals surface area contributed by atoms with Gasteiger partial charge in [0.2, 0.25) is 0 Å². The maximum atomic E-state index is 6.44. The highest BCUT2D eigenvalue weighted by Crippen LogP contribution is 2.36. The number of para-hydroxylation sites is 2. The standard InChI is InChI=1S/C17H25N3/c1-3-6-13-9-10-14(18)17(11-13)20-12(2)19-15-7-4-5-8-16(15)20/h4-5,7-8,13-14,17H,3,6,9-11,18H2,1-2H3. The first-order valence-electron chi connectivity index (χ1n) is 7.89. The minimum Gasteiger partial charge on any atom is -0.326 e. The maximum Gasteiger partial charge on any atom is 0.107 e. The Morgan fingerprint density at radius 1 is 1.30 bits per heavy atom. The Morgan fingerprint density at radius 3 is 2.90 bits per heavy atom. The summed E-state index contributed by atoms with van der Waals surface area (Å²) in [5, 5.41) is 0. The van der Waals surface area contributed by atoms with Crippen molar-refractivity contribution in [1.82, 2.24) is 9.55 Å². The van der Waals surface area contributed by atoms with E-state index in [1.807, 2.05) is 0 Å². The zero-order valence-corrected chi connectivity index (χ0v) is 12.5. The molecule has 2 aromatic rings. The van der Waals surface area contributed by atoms with Crippen molar-refractivity contribution in [3.05, 3.63) is 30.1 Å². The molecule has 1 saturated carbocycles. The molecule has 108 valence electrons. The number of benzene rings is 1. The third kappa shape index (κ3) is 2.35.